The van der Waals surface area contributed by atoms with Crippen LogP contribution in [-0.2, 0) is 4.74 Å². The monoisotopic (exact) mass is 479 g/mol. The number of nitrogens with one attached hydrogen (secondary N) is 1. The highest BCUT2D eigenvalue weighted by atomic mass is 79.9. The zero-order valence-corrected chi connectivity index (χ0v) is 18.3. The molecule has 4 aromatic rings. The van der Waals surface area contributed by atoms with E-state index < -0.39 is 6.09 Å². The third-order valence-corrected chi connectivity index (χ3v) is 5.27. The lowest BCUT2D eigenvalue weighted by Crippen LogP contribution is -2.26. The maximum Gasteiger partial charge on any atom is 0.412 e. The number of aromatic nitrogens is 3. The fourth-order valence-electron chi connectivity index (χ4n) is 3.07. The Hall–Kier alpha value is -3.72. The molecule has 2 amide bonds. The first-order valence-corrected chi connectivity index (χ1v) is 10.1. The van der Waals surface area contributed by atoms with Crippen LogP contribution in [0.3, 0.4) is 0 Å². The van der Waals surface area contributed by atoms with Crippen LogP contribution in [0, 0.1) is 0 Å². The number of imidazole rings is 1. The third kappa shape index (κ3) is 4.26. The average molecular weight is 480 g/mol. The van der Waals surface area contributed by atoms with E-state index in [1.807, 2.05) is 34.7 Å². The van der Waals surface area contributed by atoms with Crippen LogP contribution in [0.15, 0.2) is 71.6 Å². The lowest BCUT2D eigenvalue weighted by Gasteiger charge is -2.17. The molecule has 0 aliphatic heterocycles. The summed E-state index contributed by atoms with van der Waals surface area (Å²) in [5, 5.41) is 2.51. The molecule has 0 saturated carbocycles. The van der Waals surface area contributed by atoms with Gasteiger partial charge in [0.25, 0.3) is 5.91 Å². The van der Waals surface area contributed by atoms with Crippen molar-refractivity contribution in [3.05, 3.63) is 77.2 Å². The topological polar surface area (TPSA) is 88.8 Å². The van der Waals surface area contributed by atoms with Crippen molar-refractivity contribution < 1.29 is 14.3 Å². The molecule has 0 unspecified atom stereocenters. The van der Waals surface area contributed by atoms with Crippen LogP contribution in [0.1, 0.15) is 10.4 Å². The smallest absolute Gasteiger partial charge is 0.412 e. The minimum Gasteiger partial charge on any atom is -0.453 e. The standard InChI is InChI=1S/C22H18BrN5O3/c1-27(17-7-5-16(23)6-8-17)21(29)15-4-10-20-25-12-18(28(20)13-15)14-3-9-19(24-11-14)26-22(30)31-2/h3-13H,1-2H3,(H,24,26,30). The second-order valence-electron chi connectivity index (χ2n) is 6.68. The molecule has 1 aromatic carbocycles. The number of halogens is 1. The summed E-state index contributed by atoms with van der Waals surface area (Å²) < 4.78 is 7.35. The number of amides is 2. The van der Waals surface area contributed by atoms with Gasteiger partial charge in [0.2, 0.25) is 0 Å². The molecule has 0 spiro atoms. The van der Waals surface area contributed by atoms with E-state index in [1.54, 1.807) is 48.7 Å². The normalized spacial score (nSPS) is 10.7. The summed E-state index contributed by atoms with van der Waals surface area (Å²) in [5.41, 5.74) is 3.57. The first kappa shape index (κ1) is 20.5. The number of nitrogens with zero attached hydrogens (tertiary/aromatic N) is 4. The molecule has 0 aliphatic carbocycles. The van der Waals surface area contributed by atoms with E-state index >= 15 is 0 Å². The summed E-state index contributed by atoms with van der Waals surface area (Å²) >= 11 is 3.40. The van der Waals surface area contributed by atoms with E-state index in [2.05, 4.69) is 36.0 Å². The molecule has 0 aliphatic rings. The average Bonchev–Trinajstić information content (AvgIpc) is 3.22. The number of methoxy groups -OCH3 is 1. The highest BCUT2D eigenvalue weighted by Gasteiger charge is 2.16. The van der Waals surface area contributed by atoms with E-state index in [0.29, 0.717) is 17.0 Å². The van der Waals surface area contributed by atoms with Crippen LogP contribution >= 0.6 is 15.9 Å². The molecule has 8 nitrogen and oxygen atoms in total. The Labute approximate surface area is 186 Å². The zero-order chi connectivity index (χ0) is 22.0. The van der Waals surface area contributed by atoms with Crippen molar-refractivity contribution in [1.82, 2.24) is 14.4 Å². The van der Waals surface area contributed by atoms with Gasteiger partial charge >= 0.3 is 6.09 Å². The molecule has 1 N–H and O–H groups in total. The lowest BCUT2D eigenvalue weighted by atomic mass is 10.2. The molecule has 9 heteroatoms. The molecule has 156 valence electrons. The Kier molecular flexibility index (Phi) is 5.68. The summed E-state index contributed by atoms with van der Waals surface area (Å²) in [6.45, 7) is 0. The van der Waals surface area contributed by atoms with Gasteiger partial charge in [-0.1, -0.05) is 15.9 Å². The fourth-order valence-corrected chi connectivity index (χ4v) is 3.34. The number of pyridine rings is 2. The lowest BCUT2D eigenvalue weighted by molar-refractivity contribution is 0.0992. The van der Waals surface area contributed by atoms with Gasteiger partial charge in [-0.2, -0.15) is 0 Å². The molecule has 3 aromatic heterocycles. The van der Waals surface area contributed by atoms with E-state index in [4.69, 9.17) is 0 Å². The van der Waals surface area contributed by atoms with Crippen molar-refractivity contribution in [2.45, 2.75) is 0 Å². The molecule has 31 heavy (non-hydrogen) atoms. The summed E-state index contributed by atoms with van der Waals surface area (Å²) in [4.78, 5) is 34.6. The second-order valence-corrected chi connectivity index (χ2v) is 7.59. The van der Waals surface area contributed by atoms with Crippen LogP contribution in [0.2, 0.25) is 0 Å². The van der Waals surface area contributed by atoms with Crippen molar-refractivity contribution in [2.75, 3.05) is 24.4 Å². The van der Waals surface area contributed by atoms with Crippen molar-refractivity contribution in [3.8, 4) is 11.3 Å². The number of fused-ring (bicyclic) bond motifs is 1. The van der Waals surface area contributed by atoms with Crippen molar-refractivity contribution >= 4 is 45.1 Å². The molecule has 0 atom stereocenters. The predicted octanol–water partition coefficient (Wildman–Crippen LogP) is 4.61. The van der Waals surface area contributed by atoms with E-state index in [0.717, 1.165) is 21.4 Å². The highest BCUT2D eigenvalue weighted by Crippen LogP contribution is 2.23. The van der Waals surface area contributed by atoms with Crippen molar-refractivity contribution in [3.63, 3.8) is 0 Å². The molecule has 4 rings (SSSR count). The van der Waals surface area contributed by atoms with Gasteiger partial charge in [0.1, 0.15) is 11.5 Å². The maximum absolute atomic E-state index is 13.0. The number of ether oxygens (including phenoxy) is 1. The number of carbonyl (C=O) groups excluding carboxylic acids is 2. The maximum atomic E-state index is 13.0. The first-order valence-electron chi connectivity index (χ1n) is 9.28. The molecule has 0 bridgehead atoms. The van der Waals surface area contributed by atoms with Gasteiger partial charge in [0, 0.05) is 35.2 Å². The zero-order valence-electron chi connectivity index (χ0n) is 16.7. The number of anilines is 2. The molecular formula is C22H18BrN5O3. The number of benzene rings is 1. The molecular weight excluding hydrogens is 462 g/mol. The Morgan fingerprint density at radius 2 is 1.81 bits per heavy atom. The highest BCUT2D eigenvalue weighted by molar-refractivity contribution is 9.10. The Balaban J connectivity index is 1.64. The third-order valence-electron chi connectivity index (χ3n) is 4.75. The van der Waals surface area contributed by atoms with Crippen LogP contribution in [-0.4, -0.2) is 40.5 Å². The Morgan fingerprint density at radius 3 is 2.48 bits per heavy atom. The molecule has 0 radical (unpaired) electrons. The van der Waals surface area contributed by atoms with E-state index in [-0.39, 0.29) is 5.91 Å². The number of rotatable bonds is 4. The van der Waals surface area contributed by atoms with Crippen LogP contribution in [0.4, 0.5) is 16.3 Å². The number of hydrogen-bond acceptors (Lipinski definition) is 5. The second kappa shape index (κ2) is 8.57. The fraction of sp³-hybridized carbons (Fsp3) is 0.0909. The van der Waals surface area contributed by atoms with E-state index in [9.17, 15) is 9.59 Å². The first-order chi connectivity index (χ1) is 15.0. The predicted molar refractivity (Wildman–Crippen MR) is 121 cm³/mol. The van der Waals surface area contributed by atoms with Gasteiger partial charge in [-0.3, -0.25) is 14.5 Å². The summed E-state index contributed by atoms with van der Waals surface area (Å²) in [6, 6.07) is 14.6. The van der Waals surface area contributed by atoms with Gasteiger partial charge in [0.05, 0.1) is 24.6 Å². The number of carbonyl (C=O) groups is 2. The quantitative estimate of drug-likeness (QED) is 0.461. The van der Waals surface area contributed by atoms with Gasteiger partial charge in [-0.15, -0.1) is 0 Å². The van der Waals surface area contributed by atoms with E-state index in [1.165, 1.54) is 7.11 Å². The number of hydrogen-bond donors (Lipinski definition) is 1. The van der Waals surface area contributed by atoms with Crippen molar-refractivity contribution in [2.24, 2.45) is 0 Å². The van der Waals surface area contributed by atoms with Crippen LogP contribution in [0.5, 0.6) is 0 Å². The molecule has 0 saturated heterocycles. The van der Waals surface area contributed by atoms with Gasteiger partial charge in [-0.05, 0) is 48.5 Å². The summed E-state index contributed by atoms with van der Waals surface area (Å²) in [6.07, 6.45) is 4.51. The summed E-state index contributed by atoms with van der Waals surface area (Å²) in [5.74, 6) is 0.232. The minimum absolute atomic E-state index is 0.139. The SMILES string of the molecule is COC(=O)Nc1ccc(-c2cnc3ccc(C(=O)N(C)c4ccc(Br)cc4)cn23)cn1. The summed E-state index contributed by atoms with van der Waals surface area (Å²) in [7, 11) is 3.02. The van der Waals surface area contributed by atoms with Gasteiger partial charge in [0.15, 0.2) is 0 Å². The van der Waals surface area contributed by atoms with Crippen LogP contribution in [0.25, 0.3) is 16.9 Å². The Morgan fingerprint density at radius 1 is 1.03 bits per heavy atom. The van der Waals surface area contributed by atoms with Gasteiger partial charge in [-0.25, -0.2) is 14.8 Å². The largest absolute Gasteiger partial charge is 0.453 e. The Bertz CT molecular complexity index is 1250. The molecule has 0 fully saturated rings. The minimum atomic E-state index is -0.590. The van der Waals surface area contributed by atoms with Crippen LogP contribution < -0.4 is 10.2 Å². The van der Waals surface area contributed by atoms with Crippen molar-refractivity contribution in [1.29, 1.82) is 0 Å². The van der Waals surface area contributed by atoms with Gasteiger partial charge < -0.3 is 9.64 Å². The molecule has 3 heterocycles.